The lowest BCUT2D eigenvalue weighted by Crippen LogP contribution is -2.26. The first-order chi connectivity index (χ1) is 9.00. The molecule has 2 rings (SSSR count). The normalized spacial score (nSPS) is 11.4. The van der Waals surface area contributed by atoms with Gasteiger partial charge in [0.25, 0.3) is 0 Å². The zero-order chi connectivity index (χ0) is 13.9. The van der Waals surface area contributed by atoms with Gasteiger partial charge in [0, 0.05) is 12.7 Å². The maximum Gasteiger partial charge on any atom is 0.243 e. The number of sulfonamides is 1. The first kappa shape index (κ1) is 14.1. The lowest BCUT2D eigenvalue weighted by atomic mass is 10.3. The van der Waals surface area contributed by atoms with E-state index in [-0.39, 0.29) is 22.1 Å². The Kier molecular flexibility index (Phi) is 4.25. The van der Waals surface area contributed by atoms with Crippen LogP contribution in [-0.4, -0.2) is 18.4 Å². The summed E-state index contributed by atoms with van der Waals surface area (Å²) >= 11 is 6.31. The molecule has 0 aliphatic heterocycles. The van der Waals surface area contributed by atoms with Crippen LogP contribution in [0.4, 0.5) is 0 Å². The highest BCUT2D eigenvalue weighted by Crippen LogP contribution is 2.14. The Labute approximate surface area is 120 Å². The van der Waals surface area contributed by atoms with Gasteiger partial charge in [-0.1, -0.05) is 12.2 Å². The Bertz CT molecular complexity index is 681. The molecular formula is C11H11N3O2S3. The van der Waals surface area contributed by atoms with Crippen LogP contribution in [0.1, 0.15) is 11.3 Å². The average Bonchev–Trinajstić information content (AvgIpc) is 2.89. The number of nitrogens with one attached hydrogen (secondary N) is 1. The molecule has 2 aromatic rings. The first-order valence-corrected chi connectivity index (χ1v) is 8.09. The molecule has 0 aromatic carbocycles. The summed E-state index contributed by atoms with van der Waals surface area (Å²) in [7, 11) is -3.69. The third-order valence-corrected chi connectivity index (χ3v) is 4.70. The number of pyridine rings is 1. The quantitative estimate of drug-likeness (QED) is 0.812. The van der Waals surface area contributed by atoms with Crippen molar-refractivity contribution in [3.05, 3.63) is 46.4 Å². The maximum absolute atomic E-state index is 12.2. The molecule has 2 aromatic heterocycles. The van der Waals surface area contributed by atoms with E-state index in [1.54, 1.807) is 0 Å². The molecule has 0 aliphatic carbocycles. The molecule has 0 aliphatic rings. The number of rotatable bonds is 5. The van der Waals surface area contributed by atoms with E-state index in [0.717, 1.165) is 5.56 Å². The van der Waals surface area contributed by atoms with E-state index in [1.807, 2.05) is 16.8 Å². The molecule has 2 heterocycles. The second kappa shape index (κ2) is 5.74. The zero-order valence-electron chi connectivity index (χ0n) is 9.74. The topological polar surface area (TPSA) is 85.1 Å². The number of nitrogens with zero attached hydrogens (tertiary/aromatic N) is 1. The number of thiophene rings is 1. The second-order valence-electron chi connectivity index (χ2n) is 3.67. The molecule has 100 valence electrons. The van der Waals surface area contributed by atoms with Crippen molar-refractivity contribution in [2.24, 2.45) is 5.73 Å². The molecule has 0 bridgehead atoms. The molecule has 0 saturated heterocycles. The van der Waals surface area contributed by atoms with E-state index in [2.05, 4.69) is 9.71 Å². The first-order valence-electron chi connectivity index (χ1n) is 5.26. The molecule has 19 heavy (non-hydrogen) atoms. The van der Waals surface area contributed by atoms with E-state index in [0.29, 0.717) is 0 Å². The van der Waals surface area contributed by atoms with Crippen molar-refractivity contribution in [1.82, 2.24) is 9.71 Å². The molecule has 5 nitrogen and oxygen atoms in total. The fourth-order valence-corrected chi connectivity index (χ4v) is 3.52. The van der Waals surface area contributed by atoms with Gasteiger partial charge in [-0.25, -0.2) is 13.1 Å². The highest BCUT2D eigenvalue weighted by molar-refractivity contribution is 7.89. The van der Waals surface area contributed by atoms with E-state index in [4.69, 9.17) is 18.0 Å². The molecule has 0 saturated carbocycles. The van der Waals surface area contributed by atoms with Gasteiger partial charge in [0.2, 0.25) is 10.0 Å². The molecule has 0 radical (unpaired) electrons. The number of hydrogen-bond acceptors (Lipinski definition) is 5. The Morgan fingerprint density at radius 3 is 2.89 bits per heavy atom. The Hall–Kier alpha value is -1.35. The Morgan fingerprint density at radius 2 is 2.26 bits per heavy atom. The van der Waals surface area contributed by atoms with E-state index in [9.17, 15) is 8.42 Å². The predicted molar refractivity (Wildman–Crippen MR) is 78.5 cm³/mol. The van der Waals surface area contributed by atoms with Crippen LogP contribution in [0.3, 0.4) is 0 Å². The minimum Gasteiger partial charge on any atom is -0.388 e. The fraction of sp³-hybridized carbons (Fsp3) is 0.0909. The van der Waals surface area contributed by atoms with Gasteiger partial charge in [0.15, 0.2) is 0 Å². The lowest BCUT2D eigenvalue weighted by molar-refractivity contribution is 0.581. The van der Waals surface area contributed by atoms with Crippen molar-refractivity contribution >= 4 is 38.6 Å². The van der Waals surface area contributed by atoms with Crippen molar-refractivity contribution in [3.8, 4) is 0 Å². The molecule has 0 atom stereocenters. The average molecular weight is 313 g/mol. The predicted octanol–water partition coefficient (Wildman–Crippen LogP) is 1.26. The third-order valence-electron chi connectivity index (χ3n) is 2.34. The van der Waals surface area contributed by atoms with Crippen molar-refractivity contribution in [3.63, 3.8) is 0 Å². The van der Waals surface area contributed by atoms with Gasteiger partial charge in [0.05, 0.1) is 0 Å². The number of hydrogen-bond donors (Lipinski definition) is 2. The monoisotopic (exact) mass is 313 g/mol. The molecule has 3 N–H and O–H groups in total. The largest absolute Gasteiger partial charge is 0.388 e. The van der Waals surface area contributed by atoms with Crippen LogP contribution in [0.5, 0.6) is 0 Å². The van der Waals surface area contributed by atoms with Crippen LogP contribution in [0.15, 0.2) is 40.1 Å². The van der Waals surface area contributed by atoms with Crippen LogP contribution in [-0.2, 0) is 16.6 Å². The van der Waals surface area contributed by atoms with Crippen molar-refractivity contribution in [1.29, 1.82) is 0 Å². The molecule has 8 heteroatoms. The Morgan fingerprint density at radius 1 is 1.47 bits per heavy atom. The second-order valence-corrected chi connectivity index (χ2v) is 6.63. The third kappa shape index (κ3) is 3.35. The molecule has 0 unspecified atom stereocenters. The lowest BCUT2D eigenvalue weighted by Gasteiger charge is -2.09. The van der Waals surface area contributed by atoms with Crippen LogP contribution < -0.4 is 10.5 Å². The van der Waals surface area contributed by atoms with Crippen molar-refractivity contribution in [2.75, 3.05) is 0 Å². The minimum absolute atomic E-state index is 0.00210. The van der Waals surface area contributed by atoms with Gasteiger partial charge in [-0.15, -0.1) is 0 Å². The summed E-state index contributed by atoms with van der Waals surface area (Å²) in [6, 6.07) is 4.81. The van der Waals surface area contributed by atoms with Gasteiger partial charge in [0.1, 0.15) is 15.6 Å². The van der Waals surface area contributed by atoms with Crippen LogP contribution in [0.2, 0.25) is 0 Å². The summed E-state index contributed by atoms with van der Waals surface area (Å²) in [6.07, 6.45) is 1.45. The summed E-state index contributed by atoms with van der Waals surface area (Å²) in [6.45, 7) is 0.220. The summed E-state index contributed by atoms with van der Waals surface area (Å²) in [4.78, 5) is 3.86. The SMILES string of the molecule is NC(=S)c1ncccc1S(=O)(=O)NCc1ccsc1. The van der Waals surface area contributed by atoms with Gasteiger partial charge >= 0.3 is 0 Å². The summed E-state index contributed by atoms with van der Waals surface area (Å²) < 4.78 is 26.9. The highest BCUT2D eigenvalue weighted by Gasteiger charge is 2.20. The zero-order valence-corrected chi connectivity index (χ0v) is 12.2. The van der Waals surface area contributed by atoms with Gasteiger partial charge in [-0.05, 0) is 34.5 Å². The summed E-state index contributed by atoms with van der Waals surface area (Å²) in [5.74, 6) is 0. The number of aromatic nitrogens is 1. The fourth-order valence-electron chi connectivity index (χ4n) is 1.44. The Balaban J connectivity index is 2.27. The minimum atomic E-state index is -3.69. The standard InChI is InChI=1S/C11H11N3O2S3/c12-11(17)10-9(2-1-4-13-10)19(15,16)14-6-8-3-5-18-7-8/h1-5,7,14H,6H2,(H2,12,17). The summed E-state index contributed by atoms with van der Waals surface area (Å²) in [5.41, 5.74) is 6.48. The van der Waals surface area contributed by atoms with Gasteiger partial charge < -0.3 is 5.73 Å². The van der Waals surface area contributed by atoms with Crippen LogP contribution >= 0.6 is 23.6 Å². The van der Waals surface area contributed by atoms with E-state index >= 15 is 0 Å². The van der Waals surface area contributed by atoms with Gasteiger partial charge in [-0.3, -0.25) is 4.98 Å². The maximum atomic E-state index is 12.2. The van der Waals surface area contributed by atoms with Crippen LogP contribution in [0.25, 0.3) is 0 Å². The molecule has 0 spiro atoms. The molecule has 0 amide bonds. The van der Waals surface area contributed by atoms with Gasteiger partial charge in [-0.2, -0.15) is 11.3 Å². The molecule has 0 fully saturated rings. The van der Waals surface area contributed by atoms with Crippen molar-refractivity contribution in [2.45, 2.75) is 11.4 Å². The highest BCUT2D eigenvalue weighted by atomic mass is 32.2. The van der Waals surface area contributed by atoms with Crippen molar-refractivity contribution < 1.29 is 8.42 Å². The van der Waals surface area contributed by atoms with E-state index < -0.39 is 10.0 Å². The number of thiocarbonyl (C=S) groups is 1. The molecular weight excluding hydrogens is 302 g/mol. The van der Waals surface area contributed by atoms with E-state index in [1.165, 1.54) is 29.7 Å². The smallest absolute Gasteiger partial charge is 0.243 e. The van der Waals surface area contributed by atoms with Crippen LogP contribution in [0, 0.1) is 0 Å². The number of nitrogens with two attached hydrogens (primary N) is 1. The summed E-state index contributed by atoms with van der Waals surface area (Å²) in [5, 5.41) is 3.76.